The van der Waals surface area contributed by atoms with E-state index in [9.17, 15) is 40.2 Å². The molecular formula is C41H57NO15. The van der Waals surface area contributed by atoms with Crippen molar-refractivity contribution in [1.29, 1.82) is 0 Å². The van der Waals surface area contributed by atoms with Crippen molar-refractivity contribution in [1.82, 2.24) is 5.32 Å². The smallest absolute Gasteiger partial charge is 0.332 e. The Kier molecular flexibility index (Phi) is 15.8. The number of carbonyl (C=O) groups excluding carboxylic acids is 1. The number of rotatable bonds is 12. The number of hydrogen-bond acceptors (Lipinski definition) is 14. The third-order valence-electron chi connectivity index (χ3n) is 11.3. The fourth-order valence-electron chi connectivity index (χ4n) is 8.19. The highest BCUT2D eigenvalue weighted by Gasteiger charge is 2.51. The maximum absolute atomic E-state index is 14.0. The molecule has 13 unspecified atom stereocenters. The summed E-state index contributed by atoms with van der Waals surface area (Å²) in [5.74, 6) is -2.15. The van der Waals surface area contributed by atoms with E-state index in [2.05, 4.69) is 5.32 Å². The van der Waals surface area contributed by atoms with Gasteiger partial charge in [0.2, 0.25) is 5.91 Å². The van der Waals surface area contributed by atoms with Crippen molar-refractivity contribution in [2.75, 3.05) is 26.4 Å². The fourth-order valence-corrected chi connectivity index (χ4v) is 8.19. The molecule has 1 aliphatic carbocycles. The maximum atomic E-state index is 14.0. The summed E-state index contributed by atoms with van der Waals surface area (Å²) in [5, 5.41) is 69.3. The van der Waals surface area contributed by atoms with Crippen LogP contribution in [0.5, 0.6) is 0 Å². The average molecular weight is 804 g/mol. The number of ether oxygens (including phenoxy) is 7. The molecule has 3 heterocycles. The molecule has 1 saturated carbocycles. The topological polar surface area (TPSA) is 232 Å². The van der Waals surface area contributed by atoms with E-state index >= 15 is 0 Å². The Labute approximate surface area is 331 Å². The summed E-state index contributed by atoms with van der Waals surface area (Å²) < 4.78 is 42.0. The Morgan fingerprint density at radius 2 is 1.44 bits per heavy atom. The van der Waals surface area contributed by atoms with Crippen LogP contribution < -0.4 is 5.32 Å². The van der Waals surface area contributed by atoms with Crippen LogP contribution in [0.1, 0.15) is 68.9 Å². The molecule has 7 N–H and O–H groups in total. The minimum absolute atomic E-state index is 0.0189. The van der Waals surface area contributed by atoms with Crippen molar-refractivity contribution in [2.24, 2.45) is 5.92 Å². The van der Waals surface area contributed by atoms with Gasteiger partial charge in [0.15, 0.2) is 25.0 Å². The van der Waals surface area contributed by atoms with Gasteiger partial charge in [-0.1, -0.05) is 92.8 Å². The molecule has 1 amide bonds. The quantitative estimate of drug-likeness (QED) is 0.160. The van der Waals surface area contributed by atoms with Gasteiger partial charge < -0.3 is 69.1 Å². The SMILES string of the molecule is CCOC1OC2C(CNC(=O)C(c3ccccc3)c3ccccc3)OCCC2OC2OC(COC(O)C(O)C1O)C(O)C(OC(CC1CCCCC1)C(=O)O)C2O. The molecule has 3 saturated heterocycles. The zero-order valence-corrected chi connectivity index (χ0v) is 32.1. The molecule has 2 bridgehead atoms. The van der Waals surface area contributed by atoms with Gasteiger partial charge in [0.25, 0.3) is 0 Å². The number of aliphatic hydroxyl groups excluding tert-OH is 5. The molecule has 13 atom stereocenters. The van der Waals surface area contributed by atoms with Crippen LogP contribution in [0.4, 0.5) is 0 Å². The lowest BCUT2D eigenvalue weighted by Gasteiger charge is -2.46. The molecule has 0 radical (unpaired) electrons. The summed E-state index contributed by atoms with van der Waals surface area (Å²) in [6.45, 7) is 1.08. The van der Waals surface area contributed by atoms with E-state index in [0.717, 1.165) is 43.2 Å². The first-order valence-corrected chi connectivity index (χ1v) is 20.0. The van der Waals surface area contributed by atoms with Gasteiger partial charge >= 0.3 is 5.97 Å². The number of hydrogen-bond donors (Lipinski definition) is 7. The van der Waals surface area contributed by atoms with E-state index in [1.54, 1.807) is 6.92 Å². The second kappa shape index (κ2) is 20.7. The summed E-state index contributed by atoms with van der Waals surface area (Å²) in [6.07, 6.45) is -14.6. The van der Waals surface area contributed by atoms with Gasteiger partial charge in [-0.05, 0) is 36.8 Å². The van der Waals surface area contributed by atoms with Crippen LogP contribution in [-0.4, -0.2) is 149 Å². The number of carboxylic acid groups (broad SMARTS) is 1. The zero-order valence-electron chi connectivity index (χ0n) is 32.1. The van der Waals surface area contributed by atoms with E-state index in [0.29, 0.717) is 0 Å². The van der Waals surface area contributed by atoms with Crippen LogP contribution in [0.3, 0.4) is 0 Å². The maximum Gasteiger partial charge on any atom is 0.332 e. The van der Waals surface area contributed by atoms with Crippen molar-refractivity contribution >= 4 is 11.9 Å². The van der Waals surface area contributed by atoms with Gasteiger partial charge in [-0.25, -0.2) is 4.79 Å². The first kappa shape index (κ1) is 43.5. The monoisotopic (exact) mass is 803 g/mol. The van der Waals surface area contributed by atoms with Crippen LogP contribution in [0.2, 0.25) is 0 Å². The molecular weight excluding hydrogens is 746 g/mol. The second-order valence-electron chi connectivity index (χ2n) is 15.2. The van der Waals surface area contributed by atoms with Crippen molar-refractivity contribution in [3.05, 3.63) is 71.8 Å². The van der Waals surface area contributed by atoms with Crippen molar-refractivity contribution in [2.45, 2.75) is 138 Å². The average Bonchev–Trinajstić information content (AvgIpc) is 3.23. The number of amides is 1. The molecule has 16 nitrogen and oxygen atoms in total. The highest BCUT2D eigenvalue weighted by molar-refractivity contribution is 5.87. The summed E-state index contributed by atoms with van der Waals surface area (Å²) in [4.78, 5) is 26.4. The largest absolute Gasteiger partial charge is 0.479 e. The molecule has 316 valence electrons. The van der Waals surface area contributed by atoms with Crippen LogP contribution in [0.15, 0.2) is 60.7 Å². The van der Waals surface area contributed by atoms with Crippen LogP contribution in [0.25, 0.3) is 0 Å². The molecule has 16 heteroatoms. The van der Waals surface area contributed by atoms with Gasteiger partial charge in [-0.3, -0.25) is 4.79 Å². The van der Waals surface area contributed by atoms with Crippen molar-refractivity contribution in [3.8, 4) is 0 Å². The molecule has 4 aliphatic rings. The zero-order chi connectivity index (χ0) is 40.5. The number of benzene rings is 2. The van der Waals surface area contributed by atoms with Crippen molar-refractivity contribution < 1.29 is 73.4 Å². The van der Waals surface area contributed by atoms with Crippen molar-refractivity contribution in [3.63, 3.8) is 0 Å². The standard InChI is InChI=1S/C41H57NO15/c1-2-51-40-33(45)32(44)39(50)53-22-29-31(43)36(54-27(38(48)49)20-23-12-6-3-7-13-23)34(46)41(56-29)55-26-18-19-52-28(35(26)57-40)21-42-37(47)30(24-14-8-4-9-15-24)25-16-10-5-11-17-25/h4-5,8-11,14-17,23,26-36,39-41,43-46,50H,2-3,6-7,12-13,18-22H2,1H3,(H,42,47)(H,48,49). The number of fused-ring (bicyclic) bond motifs is 3. The second-order valence-corrected chi connectivity index (χ2v) is 15.2. The third-order valence-corrected chi connectivity index (χ3v) is 11.3. The molecule has 3 aliphatic heterocycles. The Hall–Kier alpha value is -3.10. The number of nitrogens with one attached hydrogen (secondary N) is 1. The van der Waals surface area contributed by atoms with E-state index < -0.39 is 98.4 Å². The Balaban J connectivity index is 1.27. The number of carbonyl (C=O) groups is 2. The lowest BCUT2D eigenvalue weighted by molar-refractivity contribution is -0.343. The molecule has 2 aromatic rings. The first-order valence-electron chi connectivity index (χ1n) is 20.0. The summed E-state index contributed by atoms with van der Waals surface area (Å²) in [5.41, 5.74) is 1.53. The first-order chi connectivity index (χ1) is 27.5. The minimum atomic E-state index is -2.03. The molecule has 57 heavy (non-hydrogen) atoms. The minimum Gasteiger partial charge on any atom is -0.479 e. The van der Waals surface area contributed by atoms with Gasteiger partial charge in [-0.15, -0.1) is 0 Å². The van der Waals surface area contributed by atoms with Gasteiger partial charge in [0.1, 0.15) is 48.8 Å². The molecule has 2 aromatic carbocycles. The number of carboxylic acids is 1. The molecule has 6 rings (SSSR count). The Morgan fingerprint density at radius 1 is 0.789 bits per heavy atom. The van der Waals surface area contributed by atoms with Gasteiger partial charge in [0.05, 0.1) is 18.6 Å². The lowest BCUT2D eigenvalue weighted by atomic mass is 9.85. The lowest BCUT2D eigenvalue weighted by Crippen LogP contribution is -2.63. The van der Waals surface area contributed by atoms with Gasteiger partial charge in [-0.2, -0.15) is 0 Å². The van der Waals surface area contributed by atoms with Gasteiger partial charge in [0, 0.05) is 19.8 Å². The Bertz CT molecular complexity index is 1490. The highest BCUT2D eigenvalue weighted by atomic mass is 16.7. The van der Waals surface area contributed by atoms with Crippen LogP contribution in [0, 0.1) is 5.92 Å². The normalized spacial score (nSPS) is 34.9. The molecule has 0 spiro atoms. The third kappa shape index (κ3) is 10.9. The Morgan fingerprint density at radius 3 is 2.07 bits per heavy atom. The summed E-state index contributed by atoms with van der Waals surface area (Å²) >= 11 is 0. The van der Waals surface area contributed by atoms with E-state index in [1.807, 2.05) is 60.7 Å². The van der Waals surface area contributed by atoms with E-state index in [-0.39, 0.29) is 44.4 Å². The predicted molar refractivity (Wildman–Crippen MR) is 199 cm³/mol. The summed E-state index contributed by atoms with van der Waals surface area (Å²) in [7, 11) is 0. The van der Waals surface area contributed by atoms with Crippen LogP contribution in [-0.2, 0) is 42.7 Å². The summed E-state index contributed by atoms with van der Waals surface area (Å²) in [6, 6.07) is 18.6. The number of aliphatic hydroxyl groups is 5. The molecule has 0 aromatic heterocycles. The molecule has 4 fully saturated rings. The number of aliphatic carboxylic acids is 1. The van der Waals surface area contributed by atoms with E-state index in [1.165, 1.54) is 0 Å². The fraction of sp³-hybridized carbons (Fsp3) is 0.659. The van der Waals surface area contributed by atoms with Crippen LogP contribution >= 0.6 is 0 Å². The van der Waals surface area contributed by atoms with E-state index in [4.69, 9.17) is 33.2 Å². The predicted octanol–water partition coefficient (Wildman–Crippen LogP) is 1.18. The highest BCUT2D eigenvalue weighted by Crippen LogP contribution is 2.34.